The van der Waals surface area contributed by atoms with E-state index in [0.29, 0.717) is 4.47 Å². The minimum Gasteiger partial charge on any atom is -0.351 e. The zero-order valence-electron chi connectivity index (χ0n) is 17.4. The summed E-state index contributed by atoms with van der Waals surface area (Å²) in [4.78, 5) is 15.7. The van der Waals surface area contributed by atoms with Crippen molar-refractivity contribution < 1.29 is 9.18 Å². The molecule has 2 aliphatic rings. The Morgan fingerprint density at radius 1 is 1.16 bits per heavy atom. The van der Waals surface area contributed by atoms with Gasteiger partial charge in [-0.3, -0.25) is 4.79 Å². The molecule has 0 spiro atoms. The molecule has 0 saturated carbocycles. The number of para-hydroxylation sites is 1. The molecular formula is C25H21BrFN3O. The SMILES string of the molecule is CC(C)(C)C(=O)[C@@H]1[C@@H](c2ccc(Br)cc2F)C(C#N)(C#N)[C@H]2C=Cc3ccccc3N12. The predicted molar refractivity (Wildman–Crippen MR) is 120 cm³/mol. The first-order valence-corrected chi connectivity index (χ1v) is 10.8. The van der Waals surface area contributed by atoms with Crippen LogP contribution in [0.5, 0.6) is 0 Å². The number of hydrogen-bond acceptors (Lipinski definition) is 4. The number of Topliss-reactive ketones (excluding diaryl/α,β-unsaturated/α-hetero) is 1. The third-order valence-corrected chi connectivity index (χ3v) is 6.71. The summed E-state index contributed by atoms with van der Waals surface area (Å²) in [6.45, 7) is 5.43. The van der Waals surface area contributed by atoms with E-state index in [1.807, 2.05) is 56.0 Å². The molecule has 156 valence electrons. The van der Waals surface area contributed by atoms with Gasteiger partial charge in [0.15, 0.2) is 11.2 Å². The van der Waals surface area contributed by atoms with Crippen LogP contribution < -0.4 is 4.90 Å². The van der Waals surface area contributed by atoms with Crippen LogP contribution in [0.3, 0.4) is 0 Å². The van der Waals surface area contributed by atoms with Crippen molar-refractivity contribution in [2.45, 2.75) is 38.8 Å². The Bertz CT molecular complexity index is 1170. The van der Waals surface area contributed by atoms with Gasteiger partial charge in [-0.2, -0.15) is 10.5 Å². The maximum Gasteiger partial charge on any atom is 0.176 e. The Kier molecular flexibility index (Phi) is 5.03. The fraction of sp³-hybridized carbons (Fsp3) is 0.320. The molecule has 0 bridgehead atoms. The van der Waals surface area contributed by atoms with Gasteiger partial charge in [0.1, 0.15) is 5.82 Å². The summed E-state index contributed by atoms with van der Waals surface area (Å²) in [5, 5.41) is 20.6. The first-order chi connectivity index (χ1) is 14.7. The van der Waals surface area contributed by atoms with Gasteiger partial charge in [0.25, 0.3) is 0 Å². The number of hydrogen-bond donors (Lipinski definition) is 0. The molecule has 2 aromatic rings. The zero-order chi connectivity index (χ0) is 22.6. The van der Waals surface area contributed by atoms with E-state index >= 15 is 4.39 Å². The third-order valence-electron chi connectivity index (χ3n) is 6.22. The Morgan fingerprint density at radius 3 is 2.45 bits per heavy atom. The topological polar surface area (TPSA) is 67.9 Å². The number of carbonyl (C=O) groups excluding carboxylic acids is 1. The number of nitriles is 2. The molecule has 0 unspecified atom stereocenters. The van der Waals surface area contributed by atoms with Crippen LogP contribution in [0.1, 0.15) is 37.8 Å². The summed E-state index contributed by atoms with van der Waals surface area (Å²) >= 11 is 3.27. The molecule has 2 aliphatic heterocycles. The maximum atomic E-state index is 15.2. The van der Waals surface area contributed by atoms with Gasteiger partial charge in [-0.15, -0.1) is 0 Å². The van der Waals surface area contributed by atoms with Crippen molar-refractivity contribution in [3.05, 3.63) is 70.0 Å². The summed E-state index contributed by atoms with van der Waals surface area (Å²) in [6.07, 6.45) is 3.67. The van der Waals surface area contributed by atoms with Crippen LogP contribution in [-0.4, -0.2) is 17.9 Å². The van der Waals surface area contributed by atoms with Crippen molar-refractivity contribution in [2.75, 3.05) is 4.90 Å². The summed E-state index contributed by atoms with van der Waals surface area (Å²) < 4.78 is 15.8. The molecule has 6 heteroatoms. The number of ketones is 1. The number of anilines is 1. The number of rotatable bonds is 2. The van der Waals surface area contributed by atoms with E-state index in [1.165, 1.54) is 6.07 Å². The molecule has 1 saturated heterocycles. The molecule has 2 aromatic carbocycles. The van der Waals surface area contributed by atoms with E-state index in [9.17, 15) is 15.3 Å². The second-order valence-electron chi connectivity index (χ2n) is 9.07. The van der Waals surface area contributed by atoms with Crippen LogP contribution in [-0.2, 0) is 4.79 Å². The van der Waals surface area contributed by atoms with Crippen molar-refractivity contribution in [1.82, 2.24) is 0 Å². The first kappa shape index (κ1) is 21.3. The minimum absolute atomic E-state index is 0.137. The van der Waals surface area contributed by atoms with Gasteiger partial charge in [0.05, 0.1) is 24.2 Å². The van der Waals surface area contributed by atoms with Crippen molar-refractivity contribution in [2.24, 2.45) is 10.8 Å². The van der Waals surface area contributed by atoms with Crippen molar-refractivity contribution >= 4 is 33.5 Å². The number of benzene rings is 2. The molecule has 0 aromatic heterocycles. The average Bonchev–Trinajstić information content (AvgIpc) is 3.03. The normalized spacial score (nSPS) is 23.5. The Morgan fingerprint density at radius 2 is 1.84 bits per heavy atom. The quantitative estimate of drug-likeness (QED) is 0.563. The third kappa shape index (κ3) is 3.09. The molecule has 4 rings (SSSR count). The Hall–Kier alpha value is -2.96. The van der Waals surface area contributed by atoms with Crippen LogP contribution in [0.25, 0.3) is 6.08 Å². The van der Waals surface area contributed by atoms with Crippen molar-refractivity contribution in [1.29, 1.82) is 10.5 Å². The maximum absolute atomic E-state index is 15.2. The van der Waals surface area contributed by atoms with E-state index in [-0.39, 0.29) is 11.3 Å². The van der Waals surface area contributed by atoms with Crippen LogP contribution in [0.4, 0.5) is 10.1 Å². The fourth-order valence-corrected chi connectivity index (χ4v) is 5.11. The molecule has 2 heterocycles. The van der Waals surface area contributed by atoms with Gasteiger partial charge in [-0.05, 0) is 29.3 Å². The summed E-state index contributed by atoms with van der Waals surface area (Å²) in [5.41, 5.74) is -0.519. The van der Waals surface area contributed by atoms with Crippen molar-refractivity contribution in [3.8, 4) is 12.1 Å². The van der Waals surface area contributed by atoms with Gasteiger partial charge < -0.3 is 4.90 Å². The summed E-state index contributed by atoms with van der Waals surface area (Å²) in [6, 6.07) is 15.0. The zero-order valence-corrected chi connectivity index (χ0v) is 19.0. The Labute approximate surface area is 189 Å². The van der Waals surface area contributed by atoms with E-state index in [2.05, 4.69) is 28.1 Å². The lowest BCUT2D eigenvalue weighted by atomic mass is 9.67. The van der Waals surface area contributed by atoms with E-state index < -0.39 is 34.6 Å². The lowest BCUT2D eigenvalue weighted by Gasteiger charge is -2.37. The minimum atomic E-state index is -1.63. The van der Waals surface area contributed by atoms with Crippen LogP contribution in [0.15, 0.2) is 53.0 Å². The number of carbonyl (C=O) groups is 1. The van der Waals surface area contributed by atoms with Gasteiger partial charge in [-0.1, -0.05) is 73.1 Å². The van der Waals surface area contributed by atoms with Crippen molar-refractivity contribution in [3.63, 3.8) is 0 Å². The van der Waals surface area contributed by atoms with Gasteiger partial charge in [0.2, 0.25) is 0 Å². The molecule has 3 atom stereocenters. The largest absolute Gasteiger partial charge is 0.351 e. The molecule has 0 aliphatic carbocycles. The van der Waals surface area contributed by atoms with Crippen LogP contribution >= 0.6 is 15.9 Å². The monoisotopic (exact) mass is 477 g/mol. The van der Waals surface area contributed by atoms with Crippen LogP contribution in [0.2, 0.25) is 0 Å². The fourth-order valence-electron chi connectivity index (χ4n) is 4.78. The number of halogens is 2. The van der Waals surface area contributed by atoms with Gasteiger partial charge in [-0.25, -0.2) is 4.39 Å². The highest BCUT2D eigenvalue weighted by Crippen LogP contribution is 2.56. The molecule has 31 heavy (non-hydrogen) atoms. The molecule has 0 amide bonds. The standard InChI is InChI=1S/C25H21BrFN3O/c1-24(2,3)23(31)22-21(17-10-9-16(26)12-18(17)27)25(13-28,14-29)20-11-8-15-6-4-5-7-19(15)30(20)22/h4-12,20-22H,1-3H3/t20-,21-,22+/m1/s1. The predicted octanol–water partition coefficient (Wildman–Crippen LogP) is 5.60. The molecule has 0 radical (unpaired) electrons. The summed E-state index contributed by atoms with van der Waals surface area (Å²) in [5.74, 6) is -1.64. The molecular weight excluding hydrogens is 457 g/mol. The molecule has 4 nitrogen and oxygen atoms in total. The lowest BCUT2D eigenvalue weighted by Crippen LogP contribution is -2.47. The van der Waals surface area contributed by atoms with E-state index in [0.717, 1.165) is 11.3 Å². The summed E-state index contributed by atoms with van der Waals surface area (Å²) in [7, 11) is 0. The van der Waals surface area contributed by atoms with Gasteiger partial charge in [0, 0.05) is 21.5 Å². The highest BCUT2D eigenvalue weighted by atomic mass is 79.9. The molecule has 1 fully saturated rings. The lowest BCUT2D eigenvalue weighted by molar-refractivity contribution is -0.127. The smallest absolute Gasteiger partial charge is 0.176 e. The first-order valence-electron chi connectivity index (χ1n) is 10.0. The highest BCUT2D eigenvalue weighted by Gasteiger charge is 2.64. The van der Waals surface area contributed by atoms with E-state index in [1.54, 1.807) is 18.2 Å². The second-order valence-corrected chi connectivity index (χ2v) is 9.98. The van der Waals surface area contributed by atoms with E-state index in [4.69, 9.17) is 0 Å². The number of nitrogens with zero attached hydrogens (tertiary/aromatic N) is 3. The number of fused-ring (bicyclic) bond motifs is 3. The Balaban J connectivity index is 2.06. The second kappa shape index (κ2) is 7.32. The van der Waals surface area contributed by atoms with Crippen LogP contribution in [0, 0.1) is 39.3 Å². The van der Waals surface area contributed by atoms with Gasteiger partial charge >= 0.3 is 0 Å². The average molecular weight is 478 g/mol. The molecule has 0 N–H and O–H groups in total. The highest BCUT2D eigenvalue weighted by molar-refractivity contribution is 9.10.